The third kappa shape index (κ3) is 1.94. The van der Waals surface area contributed by atoms with Crippen molar-refractivity contribution in [1.29, 1.82) is 0 Å². The molecule has 17 heavy (non-hydrogen) atoms. The Morgan fingerprint density at radius 3 is 2.53 bits per heavy atom. The van der Waals surface area contributed by atoms with E-state index in [2.05, 4.69) is 29.6 Å². The van der Waals surface area contributed by atoms with Gasteiger partial charge in [-0.3, -0.25) is 0 Å². The summed E-state index contributed by atoms with van der Waals surface area (Å²) in [6, 6.07) is 9.28. The zero-order valence-electron chi connectivity index (χ0n) is 10.4. The molecule has 0 aromatic heterocycles. The summed E-state index contributed by atoms with van der Waals surface area (Å²) in [6.45, 7) is 5.15. The highest BCUT2D eigenvalue weighted by molar-refractivity contribution is 5.33. The molecule has 3 rings (SSSR count). The molecule has 1 aromatic rings. The number of piperidine rings is 1. The van der Waals surface area contributed by atoms with Gasteiger partial charge in [-0.15, -0.1) is 0 Å². The number of ether oxygens (including phenoxy) is 1. The Kier molecular flexibility index (Phi) is 2.60. The van der Waals surface area contributed by atoms with Crippen LogP contribution in [0.1, 0.15) is 25.5 Å². The lowest BCUT2D eigenvalue weighted by Gasteiger charge is -2.16. The standard InChI is InChI=1S/C14H20N2O/c1-8(2)17-10-5-3-9(4-6-10)14-12-11(7-16-14)13(12)15/h3-6,8,11-14,16H,7,15H2,1-2H3. The Balaban J connectivity index is 1.72. The largest absolute Gasteiger partial charge is 0.491 e. The predicted octanol–water partition coefficient (Wildman–Crippen LogP) is 1.69. The minimum absolute atomic E-state index is 0.228. The number of nitrogens with two attached hydrogens (primary N) is 1. The number of fused-ring (bicyclic) bond motifs is 1. The van der Waals surface area contributed by atoms with E-state index in [0.717, 1.165) is 12.3 Å². The van der Waals surface area contributed by atoms with Gasteiger partial charge in [0.25, 0.3) is 0 Å². The Morgan fingerprint density at radius 1 is 1.29 bits per heavy atom. The maximum absolute atomic E-state index is 6.03. The molecule has 1 heterocycles. The lowest BCUT2D eigenvalue weighted by atomic mass is 10.0. The van der Waals surface area contributed by atoms with Crippen molar-refractivity contribution in [3.8, 4) is 5.75 Å². The van der Waals surface area contributed by atoms with E-state index in [0.29, 0.717) is 23.9 Å². The first kappa shape index (κ1) is 11.1. The second kappa shape index (κ2) is 4.00. The lowest BCUT2D eigenvalue weighted by Crippen LogP contribution is -2.25. The zero-order valence-corrected chi connectivity index (χ0v) is 10.4. The molecule has 3 nitrogen and oxygen atoms in total. The molecule has 3 N–H and O–H groups in total. The molecule has 1 saturated carbocycles. The monoisotopic (exact) mass is 232 g/mol. The van der Waals surface area contributed by atoms with Gasteiger partial charge >= 0.3 is 0 Å². The van der Waals surface area contributed by atoms with Gasteiger partial charge in [0.15, 0.2) is 0 Å². The molecule has 0 radical (unpaired) electrons. The fraction of sp³-hybridized carbons (Fsp3) is 0.571. The summed E-state index contributed by atoms with van der Waals surface area (Å²) < 4.78 is 5.65. The van der Waals surface area contributed by atoms with Crippen LogP contribution in [0, 0.1) is 11.8 Å². The van der Waals surface area contributed by atoms with Crippen LogP contribution in [0.2, 0.25) is 0 Å². The Hall–Kier alpha value is -1.06. The molecule has 0 spiro atoms. The molecule has 2 aliphatic rings. The quantitative estimate of drug-likeness (QED) is 0.833. The molecule has 0 bridgehead atoms. The Labute approximate surface area is 102 Å². The Morgan fingerprint density at radius 2 is 2.00 bits per heavy atom. The normalized spacial score (nSPS) is 34.8. The molecule has 0 amide bonds. The molecular weight excluding hydrogens is 212 g/mol. The van der Waals surface area contributed by atoms with Gasteiger partial charge in [-0.1, -0.05) is 12.1 Å². The van der Waals surface area contributed by atoms with Crippen molar-refractivity contribution >= 4 is 0 Å². The average Bonchev–Trinajstić information content (AvgIpc) is 2.75. The first-order valence-electron chi connectivity index (χ1n) is 6.42. The smallest absolute Gasteiger partial charge is 0.119 e. The van der Waals surface area contributed by atoms with Gasteiger partial charge in [0.2, 0.25) is 0 Å². The molecule has 92 valence electrons. The highest BCUT2D eigenvalue weighted by Crippen LogP contribution is 2.50. The molecule has 1 aliphatic heterocycles. The van der Waals surface area contributed by atoms with Crippen molar-refractivity contribution < 1.29 is 4.74 Å². The van der Waals surface area contributed by atoms with Gasteiger partial charge in [0.1, 0.15) is 5.75 Å². The second-order valence-electron chi connectivity index (χ2n) is 5.44. The molecule has 1 aromatic carbocycles. The van der Waals surface area contributed by atoms with Crippen LogP contribution in [0.4, 0.5) is 0 Å². The number of benzene rings is 1. The maximum atomic E-state index is 6.03. The molecule has 4 atom stereocenters. The summed E-state index contributed by atoms with van der Waals surface area (Å²) in [5, 5.41) is 3.54. The van der Waals surface area contributed by atoms with Gasteiger partial charge in [-0.05, 0) is 43.4 Å². The van der Waals surface area contributed by atoms with Crippen molar-refractivity contribution in [3.63, 3.8) is 0 Å². The lowest BCUT2D eigenvalue weighted by molar-refractivity contribution is 0.242. The van der Waals surface area contributed by atoms with Gasteiger partial charge in [-0.25, -0.2) is 0 Å². The molecule has 1 saturated heterocycles. The molecule has 4 unspecified atom stereocenters. The average molecular weight is 232 g/mol. The minimum atomic E-state index is 0.228. The van der Waals surface area contributed by atoms with Crippen LogP contribution in [0.3, 0.4) is 0 Å². The third-order valence-electron chi connectivity index (χ3n) is 3.86. The second-order valence-corrected chi connectivity index (χ2v) is 5.44. The van der Waals surface area contributed by atoms with E-state index in [-0.39, 0.29) is 6.10 Å². The molecule has 1 aliphatic carbocycles. The van der Waals surface area contributed by atoms with E-state index in [1.807, 2.05) is 13.8 Å². The van der Waals surface area contributed by atoms with E-state index in [1.165, 1.54) is 5.56 Å². The van der Waals surface area contributed by atoms with Crippen LogP contribution >= 0.6 is 0 Å². The van der Waals surface area contributed by atoms with Gasteiger partial charge in [-0.2, -0.15) is 0 Å². The summed E-state index contributed by atoms with van der Waals surface area (Å²) in [6.07, 6.45) is 0.228. The topological polar surface area (TPSA) is 47.3 Å². The SMILES string of the molecule is CC(C)Oc1ccc(C2NCC3C(N)C23)cc1. The number of nitrogens with one attached hydrogen (secondary N) is 1. The third-order valence-corrected chi connectivity index (χ3v) is 3.86. The molecular formula is C14H20N2O. The fourth-order valence-electron chi connectivity index (χ4n) is 2.93. The van der Waals surface area contributed by atoms with Gasteiger partial charge in [0, 0.05) is 18.6 Å². The number of rotatable bonds is 3. The van der Waals surface area contributed by atoms with Crippen LogP contribution in [0.5, 0.6) is 5.75 Å². The van der Waals surface area contributed by atoms with Crippen LogP contribution in [-0.4, -0.2) is 18.7 Å². The van der Waals surface area contributed by atoms with E-state index in [4.69, 9.17) is 10.5 Å². The van der Waals surface area contributed by atoms with Crippen molar-refractivity contribution in [2.75, 3.05) is 6.54 Å². The van der Waals surface area contributed by atoms with Crippen LogP contribution < -0.4 is 15.8 Å². The summed E-state index contributed by atoms with van der Waals surface area (Å²) in [7, 11) is 0. The summed E-state index contributed by atoms with van der Waals surface area (Å²) in [5.74, 6) is 2.29. The predicted molar refractivity (Wildman–Crippen MR) is 67.9 cm³/mol. The van der Waals surface area contributed by atoms with Gasteiger partial charge in [0.05, 0.1) is 6.10 Å². The maximum Gasteiger partial charge on any atom is 0.119 e. The minimum Gasteiger partial charge on any atom is -0.491 e. The summed E-state index contributed by atoms with van der Waals surface area (Å²) in [5.41, 5.74) is 7.37. The van der Waals surface area contributed by atoms with E-state index in [1.54, 1.807) is 0 Å². The van der Waals surface area contributed by atoms with E-state index < -0.39 is 0 Å². The Bertz CT molecular complexity index is 401. The number of hydrogen-bond acceptors (Lipinski definition) is 3. The van der Waals surface area contributed by atoms with Crippen molar-refractivity contribution in [3.05, 3.63) is 29.8 Å². The highest BCUT2D eigenvalue weighted by Gasteiger charge is 2.56. The first-order chi connectivity index (χ1) is 8.16. The number of hydrogen-bond donors (Lipinski definition) is 2. The van der Waals surface area contributed by atoms with Crippen molar-refractivity contribution in [2.45, 2.75) is 32.0 Å². The summed E-state index contributed by atoms with van der Waals surface area (Å²) in [4.78, 5) is 0. The van der Waals surface area contributed by atoms with Crippen molar-refractivity contribution in [2.24, 2.45) is 17.6 Å². The first-order valence-corrected chi connectivity index (χ1v) is 6.42. The van der Waals surface area contributed by atoms with Gasteiger partial charge < -0.3 is 15.8 Å². The molecule has 3 heteroatoms. The van der Waals surface area contributed by atoms with Crippen LogP contribution in [-0.2, 0) is 0 Å². The van der Waals surface area contributed by atoms with Crippen LogP contribution in [0.25, 0.3) is 0 Å². The van der Waals surface area contributed by atoms with Crippen molar-refractivity contribution in [1.82, 2.24) is 5.32 Å². The summed E-state index contributed by atoms with van der Waals surface area (Å²) >= 11 is 0. The molecule has 2 fully saturated rings. The highest BCUT2D eigenvalue weighted by atomic mass is 16.5. The van der Waals surface area contributed by atoms with E-state index >= 15 is 0 Å². The van der Waals surface area contributed by atoms with E-state index in [9.17, 15) is 0 Å². The fourth-order valence-corrected chi connectivity index (χ4v) is 2.93. The van der Waals surface area contributed by atoms with Crippen LogP contribution in [0.15, 0.2) is 24.3 Å². The zero-order chi connectivity index (χ0) is 12.0.